The maximum atomic E-state index is 13.7. The fraction of sp³-hybridized carbons (Fsp3) is 0. The van der Waals surface area contributed by atoms with E-state index in [4.69, 9.17) is 0 Å². The molecule has 20 heavy (non-hydrogen) atoms. The molecule has 0 aliphatic carbocycles. The van der Waals surface area contributed by atoms with E-state index >= 15 is 0 Å². The molecular weight excluding hydrogens is 328 g/mol. The Morgan fingerprint density at radius 1 is 1.00 bits per heavy atom. The number of aromatic nitrogens is 2. The molecule has 1 heterocycles. The van der Waals surface area contributed by atoms with Crippen LogP contribution in [0.1, 0.15) is 0 Å². The minimum Gasteiger partial charge on any atom is -0.337 e. The van der Waals surface area contributed by atoms with Gasteiger partial charge in [-0.3, -0.25) is 0 Å². The molecule has 0 bridgehead atoms. The SMILES string of the molecule is Fc1ccc(Nc2ncnc3ccc(Br)cc23)c(F)c1. The first-order valence-electron chi connectivity index (χ1n) is 5.76. The molecule has 6 heteroatoms. The molecule has 2 aromatic carbocycles. The van der Waals surface area contributed by atoms with Crippen LogP contribution in [0.4, 0.5) is 20.3 Å². The Kier molecular flexibility index (Phi) is 3.31. The Balaban J connectivity index is 2.08. The number of nitrogens with zero attached hydrogens (tertiary/aromatic N) is 2. The lowest BCUT2D eigenvalue weighted by molar-refractivity contribution is 0.586. The summed E-state index contributed by atoms with van der Waals surface area (Å²) < 4.78 is 27.4. The summed E-state index contributed by atoms with van der Waals surface area (Å²) in [5, 5.41) is 3.60. The summed E-state index contributed by atoms with van der Waals surface area (Å²) in [5.74, 6) is -0.836. The van der Waals surface area contributed by atoms with Gasteiger partial charge in [0.1, 0.15) is 23.8 Å². The molecule has 3 aromatic rings. The van der Waals surface area contributed by atoms with Gasteiger partial charge >= 0.3 is 0 Å². The highest BCUT2D eigenvalue weighted by atomic mass is 79.9. The molecular formula is C14H8BrF2N3. The average Bonchev–Trinajstić information content (AvgIpc) is 2.42. The van der Waals surface area contributed by atoms with Crippen molar-refractivity contribution in [3.8, 4) is 0 Å². The van der Waals surface area contributed by atoms with Gasteiger partial charge in [0, 0.05) is 15.9 Å². The molecule has 0 aliphatic heterocycles. The van der Waals surface area contributed by atoms with Crippen LogP contribution in [0.3, 0.4) is 0 Å². The second kappa shape index (κ2) is 5.13. The van der Waals surface area contributed by atoms with Crippen molar-refractivity contribution in [2.75, 3.05) is 5.32 Å². The Bertz CT molecular complexity index is 792. The summed E-state index contributed by atoms with van der Waals surface area (Å²) in [4.78, 5) is 8.24. The van der Waals surface area contributed by atoms with Gasteiger partial charge in [-0.2, -0.15) is 0 Å². The van der Waals surface area contributed by atoms with Crippen LogP contribution in [0.15, 0.2) is 47.2 Å². The number of anilines is 2. The van der Waals surface area contributed by atoms with Crippen LogP contribution >= 0.6 is 15.9 Å². The Labute approximate surface area is 121 Å². The maximum Gasteiger partial charge on any atom is 0.149 e. The van der Waals surface area contributed by atoms with Crippen molar-refractivity contribution in [3.05, 3.63) is 58.8 Å². The Morgan fingerprint density at radius 3 is 2.65 bits per heavy atom. The zero-order valence-corrected chi connectivity index (χ0v) is 11.7. The Hall–Kier alpha value is -2.08. The molecule has 1 aromatic heterocycles. The van der Waals surface area contributed by atoms with E-state index in [-0.39, 0.29) is 5.69 Å². The average molecular weight is 336 g/mol. The van der Waals surface area contributed by atoms with Crippen LogP contribution in [0.5, 0.6) is 0 Å². The summed E-state index contributed by atoms with van der Waals surface area (Å²) in [7, 11) is 0. The molecule has 0 spiro atoms. The van der Waals surface area contributed by atoms with E-state index in [0.29, 0.717) is 5.82 Å². The highest BCUT2D eigenvalue weighted by Gasteiger charge is 2.08. The van der Waals surface area contributed by atoms with Crippen molar-refractivity contribution in [1.82, 2.24) is 9.97 Å². The van der Waals surface area contributed by atoms with Gasteiger partial charge < -0.3 is 5.32 Å². The molecule has 1 N–H and O–H groups in total. The van der Waals surface area contributed by atoms with Crippen molar-refractivity contribution in [2.24, 2.45) is 0 Å². The van der Waals surface area contributed by atoms with Crippen LogP contribution in [-0.4, -0.2) is 9.97 Å². The van der Waals surface area contributed by atoms with Crippen LogP contribution in [0.2, 0.25) is 0 Å². The first-order chi connectivity index (χ1) is 9.63. The van der Waals surface area contributed by atoms with Crippen LogP contribution in [0, 0.1) is 11.6 Å². The largest absolute Gasteiger partial charge is 0.337 e. The zero-order valence-electron chi connectivity index (χ0n) is 10.1. The number of hydrogen-bond donors (Lipinski definition) is 1. The highest BCUT2D eigenvalue weighted by molar-refractivity contribution is 9.10. The monoisotopic (exact) mass is 335 g/mol. The minimum atomic E-state index is -0.674. The summed E-state index contributed by atoms with van der Waals surface area (Å²) >= 11 is 3.37. The van der Waals surface area contributed by atoms with E-state index in [9.17, 15) is 8.78 Å². The first-order valence-corrected chi connectivity index (χ1v) is 6.55. The number of hydrogen-bond acceptors (Lipinski definition) is 3. The number of fused-ring (bicyclic) bond motifs is 1. The quantitative estimate of drug-likeness (QED) is 0.753. The van der Waals surface area contributed by atoms with E-state index in [0.717, 1.165) is 21.4 Å². The maximum absolute atomic E-state index is 13.7. The number of nitrogens with one attached hydrogen (secondary N) is 1. The number of benzene rings is 2. The van der Waals surface area contributed by atoms with Gasteiger partial charge in [0.25, 0.3) is 0 Å². The third-order valence-corrected chi connectivity index (χ3v) is 3.27. The van der Waals surface area contributed by atoms with E-state index in [1.807, 2.05) is 18.2 Å². The van der Waals surface area contributed by atoms with E-state index in [1.54, 1.807) is 0 Å². The van der Waals surface area contributed by atoms with Crippen molar-refractivity contribution >= 4 is 38.3 Å². The summed E-state index contributed by atoms with van der Waals surface area (Å²) in [6, 6.07) is 8.85. The molecule has 0 fully saturated rings. The molecule has 0 atom stereocenters. The van der Waals surface area contributed by atoms with E-state index in [2.05, 4.69) is 31.2 Å². The predicted octanol–water partition coefficient (Wildman–Crippen LogP) is 4.41. The zero-order chi connectivity index (χ0) is 14.1. The van der Waals surface area contributed by atoms with Gasteiger partial charge in [-0.25, -0.2) is 18.7 Å². The third-order valence-electron chi connectivity index (χ3n) is 2.78. The third kappa shape index (κ3) is 2.46. The van der Waals surface area contributed by atoms with Crippen LogP contribution in [-0.2, 0) is 0 Å². The van der Waals surface area contributed by atoms with Crippen molar-refractivity contribution in [2.45, 2.75) is 0 Å². The van der Waals surface area contributed by atoms with Crippen LogP contribution < -0.4 is 5.32 Å². The molecule has 3 nitrogen and oxygen atoms in total. The van der Waals surface area contributed by atoms with Crippen molar-refractivity contribution in [3.63, 3.8) is 0 Å². The van der Waals surface area contributed by atoms with Gasteiger partial charge in [-0.1, -0.05) is 15.9 Å². The van der Waals surface area contributed by atoms with Gasteiger partial charge in [-0.15, -0.1) is 0 Å². The molecule has 0 amide bonds. The van der Waals surface area contributed by atoms with Gasteiger partial charge in [-0.05, 0) is 30.3 Å². The number of rotatable bonds is 2. The summed E-state index contributed by atoms with van der Waals surface area (Å²) in [6.07, 6.45) is 1.39. The first kappa shape index (κ1) is 12.9. The molecule has 0 aliphatic rings. The molecule has 3 rings (SSSR count). The number of halogens is 3. The standard InChI is InChI=1S/C14H8BrF2N3/c15-8-1-3-12-10(5-8)14(19-7-18-12)20-13-4-2-9(16)6-11(13)17/h1-7H,(H,18,19,20). The summed E-state index contributed by atoms with van der Waals surface area (Å²) in [5.41, 5.74) is 0.889. The van der Waals surface area contributed by atoms with Gasteiger partial charge in [0.05, 0.1) is 11.2 Å². The molecule has 0 unspecified atom stereocenters. The lowest BCUT2D eigenvalue weighted by atomic mass is 10.2. The summed E-state index contributed by atoms with van der Waals surface area (Å²) in [6.45, 7) is 0. The van der Waals surface area contributed by atoms with E-state index < -0.39 is 11.6 Å². The Morgan fingerprint density at radius 2 is 1.85 bits per heavy atom. The lowest BCUT2D eigenvalue weighted by Gasteiger charge is -2.09. The smallest absolute Gasteiger partial charge is 0.149 e. The highest BCUT2D eigenvalue weighted by Crippen LogP contribution is 2.27. The van der Waals surface area contributed by atoms with Crippen LogP contribution in [0.25, 0.3) is 10.9 Å². The molecule has 100 valence electrons. The predicted molar refractivity (Wildman–Crippen MR) is 76.9 cm³/mol. The molecule has 0 saturated carbocycles. The van der Waals surface area contributed by atoms with Crippen molar-refractivity contribution < 1.29 is 8.78 Å². The van der Waals surface area contributed by atoms with Gasteiger partial charge in [0.15, 0.2) is 0 Å². The fourth-order valence-electron chi connectivity index (χ4n) is 1.85. The van der Waals surface area contributed by atoms with Gasteiger partial charge in [0.2, 0.25) is 0 Å². The second-order valence-corrected chi connectivity index (χ2v) is 5.05. The lowest BCUT2D eigenvalue weighted by Crippen LogP contribution is -1.98. The normalized spacial score (nSPS) is 10.8. The second-order valence-electron chi connectivity index (χ2n) is 4.13. The molecule has 0 radical (unpaired) electrons. The topological polar surface area (TPSA) is 37.8 Å². The minimum absolute atomic E-state index is 0.159. The van der Waals surface area contributed by atoms with Crippen molar-refractivity contribution in [1.29, 1.82) is 0 Å². The van der Waals surface area contributed by atoms with E-state index in [1.165, 1.54) is 18.5 Å². The molecule has 0 saturated heterocycles. The fourth-order valence-corrected chi connectivity index (χ4v) is 2.21.